The van der Waals surface area contributed by atoms with Crippen LogP contribution in [0.25, 0.3) is 6.08 Å². The maximum atomic E-state index is 13.8. The normalized spacial score (nSPS) is 34.9. The van der Waals surface area contributed by atoms with Crippen LogP contribution in [0, 0.1) is 35.3 Å². The predicted octanol–water partition coefficient (Wildman–Crippen LogP) is 5.70. The average molecular weight is 598 g/mol. The van der Waals surface area contributed by atoms with E-state index < -0.39 is 35.5 Å². The van der Waals surface area contributed by atoms with Crippen LogP contribution in [0.2, 0.25) is 0 Å². The van der Waals surface area contributed by atoms with Crippen LogP contribution < -0.4 is 5.32 Å². The highest BCUT2D eigenvalue weighted by Gasteiger charge is 2.69. The summed E-state index contributed by atoms with van der Waals surface area (Å²) in [6.07, 6.45) is 5.02. The number of carbonyl (C=O) groups is 2. The molecule has 1 spiro atoms. The third-order valence-corrected chi connectivity index (χ3v) is 9.58. The van der Waals surface area contributed by atoms with Gasteiger partial charge in [0.15, 0.2) is 17.7 Å². The van der Waals surface area contributed by atoms with Crippen molar-refractivity contribution in [3.05, 3.63) is 76.9 Å². The second-order valence-electron chi connectivity index (χ2n) is 12.4. The lowest BCUT2D eigenvalue weighted by molar-refractivity contribution is -0.571. The lowest BCUT2D eigenvalue weighted by atomic mass is 9.58. The highest BCUT2D eigenvalue weighted by molar-refractivity contribution is 6.06. The zero-order valence-corrected chi connectivity index (χ0v) is 24.5. The van der Waals surface area contributed by atoms with Crippen molar-refractivity contribution in [2.45, 2.75) is 77.0 Å². The first-order valence-corrected chi connectivity index (χ1v) is 14.9. The SMILES string of the molecule is C[C@H]1[C@H](NC(=O)COCc2ccc(C(=O)/C=C/c3ccc(F)cc3F)cc2)O[C@@H]2O[C@@]3(C)CC[C@H]4[C@H](C)CC[C@@H]1[C@@]24OO3. The van der Waals surface area contributed by atoms with Gasteiger partial charge in [0.2, 0.25) is 11.7 Å². The Balaban J connectivity index is 1.02. The third kappa shape index (κ3) is 5.79. The van der Waals surface area contributed by atoms with E-state index in [1.165, 1.54) is 18.2 Å². The Morgan fingerprint density at radius 3 is 2.60 bits per heavy atom. The van der Waals surface area contributed by atoms with Gasteiger partial charge in [0, 0.05) is 35.4 Å². The van der Waals surface area contributed by atoms with Crippen LogP contribution in [0.4, 0.5) is 8.78 Å². The molecule has 2 aromatic rings. The van der Waals surface area contributed by atoms with Crippen molar-refractivity contribution < 1.29 is 42.4 Å². The molecule has 1 N–H and O–H groups in total. The van der Waals surface area contributed by atoms with E-state index in [0.29, 0.717) is 11.5 Å². The number of carbonyl (C=O) groups excluding carboxylic acids is 2. The van der Waals surface area contributed by atoms with Gasteiger partial charge in [0.1, 0.15) is 24.5 Å². The molecule has 4 saturated heterocycles. The van der Waals surface area contributed by atoms with Crippen molar-refractivity contribution in [2.24, 2.45) is 23.7 Å². The molecule has 5 aliphatic rings. The van der Waals surface area contributed by atoms with Gasteiger partial charge >= 0.3 is 0 Å². The molecular formula is C33H37F2NO7. The molecule has 0 radical (unpaired) electrons. The van der Waals surface area contributed by atoms with Gasteiger partial charge in [-0.2, -0.15) is 0 Å². The fourth-order valence-electron chi connectivity index (χ4n) is 7.20. The number of ketones is 1. The molecule has 1 amide bonds. The summed E-state index contributed by atoms with van der Waals surface area (Å²) in [6, 6.07) is 9.88. The number of hydrogen-bond acceptors (Lipinski definition) is 7. The molecule has 8 atom stereocenters. The molecule has 2 bridgehead atoms. The highest BCUT2D eigenvalue weighted by Crippen LogP contribution is 2.60. The summed E-state index contributed by atoms with van der Waals surface area (Å²) >= 11 is 0. The lowest BCUT2D eigenvalue weighted by Crippen LogP contribution is -2.72. The first-order chi connectivity index (χ1) is 20.6. The summed E-state index contributed by atoms with van der Waals surface area (Å²) in [5, 5.41) is 2.99. The summed E-state index contributed by atoms with van der Waals surface area (Å²) < 4.78 is 45.3. The Morgan fingerprint density at radius 1 is 1.05 bits per heavy atom. The number of rotatable bonds is 8. The average Bonchev–Trinajstić information content (AvgIpc) is 3.21. The number of benzene rings is 2. The van der Waals surface area contributed by atoms with Crippen molar-refractivity contribution in [3.8, 4) is 0 Å². The van der Waals surface area contributed by atoms with E-state index in [4.69, 9.17) is 24.0 Å². The van der Waals surface area contributed by atoms with Crippen molar-refractivity contribution in [2.75, 3.05) is 6.61 Å². The number of nitrogens with one attached hydrogen (secondary N) is 1. The van der Waals surface area contributed by atoms with E-state index in [0.717, 1.165) is 43.4 Å². The maximum absolute atomic E-state index is 13.8. The second-order valence-corrected chi connectivity index (χ2v) is 12.4. The van der Waals surface area contributed by atoms with Gasteiger partial charge in [-0.3, -0.25) is 9.59 Å². The third-order valence-electron chi connectivity index (χ3n) is 9.58. The number of hydrogen-bond donors (Lipinski definition) is 1. The summed E-state index contributed by atoms with van der Waals surface area (Å²) in [5.74, 6) is -2.15. The topological polar surface area (TPSA) is 92.3 Å². The molecule has 10 heteroatoms. The molecule has 4 aliphatic heterocycles. The van der Waals surface area contributed by atoms with Gasteiger partial charge in [-0.05, 0) is 67.9 Å². The molecule has 1 aliphatic carbocycles. The molecule has 230 valence electrons. The van der Waals surface area contributed by atoms with Crippen LogP contribution >= 0.6 is 0 Å². The van der Waals surface area contributed by atoms with Crippen LogP contribution in [-0.2, 0) is 35.4 Å². The van der Waals surface area contributed by atoms with Crippen LogP contribution in [0.15, 0.2) is 48.5 Å². The fraction of sp³-hybridized carbons (Fsp3) is 0.515. The van der Waals surface area contributed by atoms with Crippen molar-refractivity contribution in [3.63, 3.8) is 0 Å². The zero-order chi connectivity index (χ0) is 30.4. The molecule has 1 saturated carbocycles. The molecule has 0 aromatic heterocycles. The molecule has 7 rings (SSSR count). The van der Waals surface area contributed by atoms with E-state index in [1.807, 2.05) is 6.92 Å². The second kappa shape index (κ2) is 11.8. The largest absolute Gasteiger partial charge is 0.367 e. The number of ether oxygens (including phenoxy) is 3. The Morgan fingerprint density at radius 2 is 1.84 bits per heavy atom. The Kier molecular flexibility index (Phi) is 8.25. The first-order valence-electron chi connectivity index (χ1n) is 14.9. The number of halogens is 2. The predicted molar refractivity (Wildman–Crippen MR) is 151 cm³/mol. The van der Waals surface area contributed by atoms with Crippen molar-refractivity contribution in [1.82, 2.24) is 5.32 Å². The van der Waals surface area contributed by atoms with Gasteiger partial charge in [-0.1, -0.05) is 38.1 Å². The van der Waals surface area contributed by atoms with Gasteiger partial charge < -0.3 is 19.5 Å². The fourth-order valence-corrected chi connectivity index (χ4v) is 7.20. The number of fused-ring (bicyclic) bond motifs is 2. The maximum Gasteiger partial charge on any atom is 0.248 e. The lowest BCUT2D eigenvalue weighted by Gasteiger charge is -2.60. The first kappa shape index (κ1) is 30.0. The summed E-state index contributed by atoms with van der Waals surface area (Å²) in [7, 11) is 0. The smallest absolute Gasteiger partial charge is 0.248 e. The molecule has 5 fully saturated rings. The minimum Gasteiger partial charge on any atom is -0.367 e. The van der Waals surface area contributed by atoms with Crippen molar-refractivity contribution >= 4 is 17.8 Å². The summed E-state index contributed by atoms with van der Waals surface area (Å²) in [5.41, 5.74) is 0.607. The van der Waals surface area contributed by atoms with Gasteiger partial charge in [-0.15, -0.1) is 0 Å². The monoisotopic (exact) mass is 597 g/mol. The van der Waals surface area contributed by atoms with E-state index in [2.05, 4.69) is 19.2 Å². The minimum absolute atomic E-state index is 0.0245. The summed E-state index contributed by atoms with van der Waals surface area (Å²) in [6.45, 7) is 6.20. The van der Waals surface area contributed by atoms with Crippen LogP contribution in [0.1, 0.15) is 67.9 Å². The quantitative estimate of drug-likeness (QED) is 0.237. The van der Waals surface area contributed by atoms with E-state index >= 15 is 0 Å². The van der Waals surface area contributed by atoms with Crippen LogP contribution in [0.3, 0.4) is 0 Å². The molecule has 4 heterocycles. The highest BCUT2D eigenvalue weighted by atomic mass is 19.1. The molecular weight excluding hydrogens is 560 g/mol. The van der Waals surface area contributed by atoms with E-state index in [9.17, 15) is 18.4 Å². The van der Waals surface area contributed by atoms with E-state index in [-0.39, 0.29) is 48.2 Å². The Labute approximate surface area is 249 Å². The van der Waals surface area contributed by atoms with E-state index in [1.54, 1.807) is 24.3 Å². The minimum atomic E-state index is -0.882. The Bertz CT molecular complexity index is 1400. The van der Waals surface area contributed by atoms with Crippen LogP contribution in [0.5, 0.6) is 0 Å². The van der Waals surface area contributed by atoms with Gasteiger partial charge in [0.25, 0.3) is 0 Å². The zero-order valence-electron chi connectivity index (χ0n) is 24.5. The van der Waals surface area contributed by atoms with Gasteiger partial charge in [0.05, 0.1) is 6.61 Å². The number of amides is 1. The standard InChI is InChI=1S/C33H37F2NO7/c1-19-4-12-26-20(2)30(40-31-33(26)25(19)14-15-32(3,41-31)42-43-33)36-29(38)18-39-17-21-5-7-23(8-6-21)28(37)13-10-22-9-11-24(34)16-27(22)35/h5-11,13,16,19-20,25-26,30-31H,4,12,14-15,17-18H2,1-3H3,(H,36,38)/b13-10+/t19-,20-,25+,26+,30-,31-,32-,33-/m1/s1. The van der Waals surface area contributed by atoms with Gasteiger partial charge in [-0.25, -0.2) is 18.6 Å². The van der Waals surface area contributed by atoms with Crippen molar-refractivity contribution in [1.29, 1.82) is 0 Å². The Hall–Kier alpha value is -3.02. The molecule has 8 nitrogen and oxygen atoms in total. The summed E-state index contributed by atoms with van der Waals surface area (Å²) in [4.78, 5) is 37.3. The molecule has 43 heavy (non-hydrogen) atoms. The number of allylic oxidation sites excluding steroid dienone is 1. The molecule has 2 aromatic carbocycles. The molecule has 0 unspecified atom stereocenters. The van der Waals surface area contributed by atoms with Crippen LogP contribution in [-0.4, -0.2) is 42.2 Å².